The monoisotopic (exact) mass is 287 g/mol. The van der Waals surface area contributed by atoms with E-state index < -0.39 is 0 Å². The van der Waals surface area contributed by atoms with Gasteiger partial charge in [-0.25, -0.2) is 0 Å². The molecule has 0 aliphatic rings. The molecule has 1 N–H and O–H groups in total. The van der Waals surface area contributed by atoms with E-state index in [0.717, 1.165) is 29.8 Å². The predicted octanol–water partition coefficient (Wildman–Crippen LogP) is 4.07. The molecule has 0 amide bonds. The molecule has 0 unspecified atom stereocenters. The number of anilines is 1. The van der Waals surface area contributed by atoms with Gasteiger partial charge in [0.05, 0.1) is 11.3 Å². The fourth-order valence-electron chi connectivity index (χ4n) is 2.01. The van der Waals surface area contributed by atoms with E-state index in [1.165, 1.54) is 0 Å². The Hall–Kier alpha value is -1.53. The highest BCUT2D eigenvalue weighted by Crippen LogP contribution is 2.28. The fraction of sp³-hybridized carbons (Fsp3) is 0.611. The molecule has 0 atom stereocenters. The third-order valence-electron chi connectivity index (χ3n) is 4.14. The minimum Gasteiger partial charge on any atom is -0.368 e. The van der Waals surface area contributed by atoms with Crippen LogP contribution in [0.5, 0.6) is 0 Å². The number of nitriles is 1. The Kier molecular flexibility index (Phi) is 5.42. The molecule has 0 heterocycles. The van der Waals surface area contributed by atoms with Gasteiger partial charge in [0.15, 0.2) is 0 Å². The normalized spacial score (nSPS) is 12.1. The SMILES string of the molecule is CCC(C)(C)N(C)c1ccc(CNC(C)(C)C)cc1C#N. The van der Waals surface area contributed by atoms with Crippen molar-refractivity contribution in [1.29, 1.82) is 5.26 Å². The van der Waals surface area contributed by atoms with E-state index >= 15 is 0 Å². The number of benzene rings is 1. The van der Waals surface area contributed by atoms with Crippen LogP contribution in [0.2, 0.25) is 0 Å². The average Bonchev–Trinajstić information content (AvgIpc) is 2.43. The van der Waals surface area contributed by atoms with Crippen LogP contribution in [0.4, 0.5) is 5.69 Å². The van der Waals surface area contributed by atoms with Crippen molar-refractivity contribution in [2.24, 2.45) is 0 Å². The van der Waals surface area contributed by atoms with Gasteiger partial charge in [-0.3, -0.25) is 0 Å². The molecule has 0 bridgehead atoms. The first-order chi connectivity index (χ1) is 9.60. The lowest BCUT2D eigenvalue weighted by Crippen LogP contribution is -2.41. The molecule has 0 fully saturated rings. The quantitative estimate of drug-likeness (QED) is 0.887. The number of nitrogens with zero attached hydrogens (tertiary/aromatic N) is 2. The van der Waals surface area contributed by atoms with E-state index in [-0.39, 0.29) is 11.1 Å². The molecule has 1 aromatic carbocycles. The van der Waals surface area contributed by atoms with E-state index in [0.29, 0.717) is 0 Å². The Morgan fingerprint density at radius 1 is 1.19 bits per heavy atom. The lowest BCUT2D eigenvalue weighted by Gasteiger charge is -2.37. The van der Waals surface area contributed by atoms with Gasteiger partial charge in [-0.1, -0.05) is 13.0 Å². The van der Waals surface area contributed by atoms with Crippen molar-refractivity contribution in [3.8, 4) is 6.07 Å². The molecule has 3 nitrogen and oxygen atoms in total. The van der Waals surface area contributed by atoms with Crippen molar-refractivity contribution in [3.05, 3.63) is 29.3 Å². The first kappa shape index (κ1) is 17.5. The summed E-state index contributed by atoms with van der Waals surface area (Å²) in [6, 6.07) is 8.51. The predicted molar refractivity (Wildman–Crippen MR) is 90.5 cm³/mol. The lowest BCUT2D eigenvalue weighted by molar-refractivity contribution is 0.424. The summed E-state index contributed by atoms with van der Waals surface area (Å²) in [4.78, 5) is 2.20. The zero-order valence-corrected chi connectivity index (χ0v) is 14.5. The molecule has 0 radical (unpaired) electrons. The first-order valence-corrected chi connectivity index (χ1v) is 7.62. The van der Waals surface area contributed by atoms with Crippen molar-refractivity contribution < 1.29 is 0 Å². The molecular weight excluding hydrogens is 258 g/mol. The van der Waals surface area contributed by atoms with E-state index in [9.17, 15) is 5.26 Å². The lowest BCUT2D eigenvalue weighted by atomic mass is 9.97. The third-order valence-corrected chi connectivity index (χ3v) is 4.14. The first-order valence-electron chi connectivity index (χ1n) is 7.62. The molecular formula is C18H29N3. The summed E-state index contributed by atoms with van der Waals surface area (Å²) in [5, 5.41) is 12.9. The molecule has 0 spiro atoms. The highest BCUT2D eigenvalue weighted by molar-refractivity contribution is 5.61. The second-order valence-corrected chi connectivity index (χ2v) is 7.29. The summed E-state index contributed by atoms with van der Waals surface area (Å²) < 4.78 is 0. The van der Waals surface area contributed by atoms with Crippen LogP contribution < -0.4 is 10.2 Å². The van der Waals surface area contributed by atoms with E-state index in [1.807, 2.05) is 6.07 Å². The van der Waals surface area contributed by atoms with Crippen molar-refractivity contribution in [2.75, 3.05) is 11.9 Å². The minimum atomic E-state index is 0.0385. The minimum absolute atomic E-state index is 0.0385. The number of hydrogen-bond donors (Lipinski definition) is 1. The van der Waals surface area contributed by atoms with E-state index in [4.69, 9.17) is 0 Å². The Morgan fingerprint density at radius 2 is 1.81 bits per heavy atom. The summed E-state index contributed by atoms with van der Waals surface area (Å²) in [5.41, 5.74) is 3.01. The molecule has 1 rings (SSSR count). The molecule has 1 aromatic rings. The van der Waals surface area contributed by atoms with Crippen molar-refractivity contribution >= 4 is 5.69 Å². The van der Waals surface area contributed by atoms with E-state index in [1.54, 1.807) is 0 Å². The molecule has 116 valence electrons. The van der Waals surface area contributed by atoms with Crippen molar-refractivity contribution in [3.63, 3.8) is 0 Å². The zero-order chi connectivity index (χ0) is 16.3. The maximum atomic E-state index is 9.46. The van der Waals surface area contributed by atoms with Crippen LogP contribution in [0.3, 0.4) is 0 Å². The molecule has 21 heavy (non-hydrogen) atoms. The second kappa shape index (κ2) is 6.49. The average molecular weight is 287 g/mol. The van der Waals surface area contributed by atoms with E-state index in [2.05, 4.69) is 77.0 Å². The van der Waals surface area contributed by atoms with Gasteiger partial charge < -0.3 is 10.2 Å². The van der Waals surface area contributed by atoms with Crippen LogP contribution in [-0.4, -0.2) is 18.1 Å². The van der Waals surface area contributed by atoms with Crippen molar-refractivity contribution in [1.82, 2.24) is 5.32 Å². The van der Waals surface area contributed by atoms with Crippen LogP contribution in [0.1, 0.15) is 59.1 Å². The van der Waals surface area contributed by atoms with Gasteiger partial charge in [0.1, 0.15) is 6.07 Å². The van der Waals surface area contributed by atoms with Crippen LogP contribution in [0, 0.1) is 11.3 Å². The summed E-state index contributed by atoms with van der Waals surface area (Å²) >= 11 is 0. The summed E-state index contributed by atoms with van der Waals surface area (Å²) in [6.07, 6.45) is 1.03. The van der Waals surface area contributed by atoms with Crippen LogP contribution in [0.15, 0.2) is 18.2 Å². The smallest absolute Gasteiger partial charge is 0.101 e. The molecule has 0 aliphatic carbocycles. The largest absolute Gasteiger partial charge is 0.368 e. The standard InChI is InChI=1S/C18H29N3/c1-8-18(5,6)21(7)16-10-9-14(11-15(16)12-19)13-20-17(2,3)4/h9-11,20H,8,13H2,1-7H3. The molecule has 0 saturated carbocycles. The third kappa shape index (κ3) is 4.75. The van der Waals surface area contributed by atoms with Gasteiger partial charge in [0.25, 0.3) is 0 Å². The number of nitrogens with one attached hydrogen (secondary N) is 1. The van der Waals surface area contributed by atoms with Gasteiger partial charge >= 0.3 is 0 Å². The molecule has 0 saturated heterocycles. The highest BCUT2D eigenvalue weighted by Gasteiger charge is 2.23. The summed E-state index contributed by atoms with van der Waals surface area (Å²) in [6.45, 7) is 13.8. The summed E-state index contributed by atoms with van der Waals surface area (Å²) in [7, 11) is 2.06. The Bertz CT molecular complexity index is 518. The number of hydrogen-bond acceptors (Lipinski definition) is 3. The molecule has 0 aliphatic heterocycles. The Balaban J connectivity index is 3.03. The highest BCUT2D eigenvalue weighted by atomic mass is 15.2. The van der Waals surface area contributed by atoms with Gasteiger partial charge in [-0.05, 0) is 58.7 Å². The second-order valence-electron chi connectivity index (χ2n) is 7.29. The Morgan fingerprint density at radius 3 is 2.29 bits per heavy atom. The molecule has 0 aromatic heterocycles. The van der Waals surface area contributed by atoms with Crippen LogP contribution in [0.25, 0.3) is 0 Å². The zero-order valence-electron chi connectivity index (χ0n) is 14.5. The van der Waals surface area contributed by atoms with Gasteiger partial charge in [0.2, 0.25) is 0 Å². The fourth-order valence-corrected chi connectivity index (χ4v) is 2.01. The summed E-state index contributed by atoms with van der Waals surface area (Å²) in [5.74, 6) is 0. The van der Waals surface area contributed by atoms with Crippen LogP contribution >= 0.6 is 0 Å². The number of rotatable bonds is 5. The van der Waals surface area contributed by atoms with Gasteiger partial charge in [-0.2, -0.15) is 5.26 Å². The molecule has 3 heteroatoms. The topological polar surface area (TPSA) is 39.1 Å². The van der Waals surface area contributed by atoms with Gasteiger partial charge in [-0.15, -0.1) is 0 Å². The van der Waals surface area contributed by atoms with Crippen molar-refractivity contribution in [2.45, 2.75) is 65.6 Å². The maximum absolute atomic E-state index is 9.46. The Labute approximate surface area is 130 Å². The van der Waals surface area contributed by atoms with Gasteiger partial charge in [0, 0.05) is 24.7 Å². The maximum Gasteiger partial charge on any atom is 0.101 e. The van der Waals surface area contributed by atoms with Crippen LogP contribution in [-0.2, 0) is 6.54 Å².